The van der Waals surface area contributed by atoms with Gasteiger partial charge in [-0.05, 0) is 69.4 Å². The van der Waals surface area contributed by atoms with E-state index in [-0.39, 0.29) is 11.7 Å². The van der Waals surface area contributed by atoms with Crippen molar-refractivity contribution in [1.82, 2.24) is 9.88 Å². The molecule has 0 aliphatic carbocycles. The molecule has 0 aliphatic heterocycles. The molecule has 3 rings (SSSR count). The molecule has 2 aromatic carbocycles. The van der Waals surface area contributed by atoms with E-state index in [4.69, 9.17) is 4.98 Å². The summed E-state index contributed by atoms with van der Waals surface area (Å²) in [4.78, 5) is 22.6. The smallest absolute Gasteiger partial charge is 0.229 e. The molecular weight excluding hydrogens is 405 g/mol. The fourth-order valence-corrected chi connectivity index (χ4v) is 4.93. The molecule has 29 heavy (non-hydrogen) atoms. The fraction of sp³-hybridized carbons (Fsp3) is 0.364. The quantitative estimate of drug-likeness (QED) is 0.463. The number of aryl methyl sites for hydroxylation is 2. The van der Waals surface area contributed by atoms with E-state index in [9.17, 15) is 9.18 Å². The summed E-state index contributed by atoms with van der Waals surface area (Å²) in [7, 11) is 4.00. The second kappa shape index (κ2) is 9.69. The number of amides is 1. The fourth-order valence-electron chi connectivity index (χ4n) is 3.03. The van der Waals surface area contributed by atoms with Crippen molar-refractivity contribution in [2.75, 3.05) is 37.8 Å². The molecule has 0 fully saturated rings. The Balaban J connectivity index is 1.74. The Morgan fingerprint density at radius 3 is 2.55 bits per heavy atom. The first-order valence-corrected chi connectivity index (χ1v) is 11.3. The predicted molar refractivity (Wildman–Crippen MR) is 122 cm³/mol. The lowest BCUT2D eigenvalue weighted by atomic mass is 10.1. The monoisotopic (exact) mass is 431 g/mol. The van der Waals surface area contributed by atoms with Crippen molar-refractivity contribution in [3.63, 3.8) is 0 Å². The molecule has 154 valence electrons. The summed E-state index contributed by atoms with van der Waals surface area (Å²) in [6.45, 7) is 5.52. The third-order valence-corrected chi connectivity index (χ3v) is 6.75. The van der Waals surface area contributed by atoms with Crippen LogP contribution in [0.5, 0.6) is 0 Å². The van der Waals surface area contributed by atoms with Gasteiger partial charge in [-0.1, -0.05) is 17.4 Å². The minimum atomic E-state index is -0.248. The zero-order valence-corrected chi connectivity index (χ0v) is 18.9. The van der Waals surface area contributed by atoms with Gasteiger partial charge in [-0.25, -0.2) is 9.37 Å². The van der Waals surface area contributed by atoms with Crippen LogP contribution in [0.4, 0.5) is 9.52 Å². The molecule has 0 bridgehead atoms. The minimum Gasteiger partial charge on any atom is -0.308 e. The molecule has 1 amide bonds. The first kappa shape index (κ1) is 21.7. The molecule has 3 aromatic rings. The van der Waals surface area contributed by atoms with Crippen molar-refractivity contribution >= 4 is 44.4 Å². The molecule has 1 aromatic heterocycles. The molecule has 4 nitrogen and oxygen atoms in total. The van der Waals surface area contributed by atoms with Crippen molar-refractivity contribution in [3.05, 3.63) is 53.3 Å². The second-order valence-corrected chi connectivity index (χ2v) is 9.47. The molecule has 0 atom stereocenters. The van der Waals surface area contributed by atoms with E-state index in [2.05, 4.69) is 30.9 Å². The van der Waals surface area contributed by atoms with Crippen LogP contribution in [0.25, 0.3) is 10.2 Å². The van der Waals surface area contributed by atoms with E-state index >= 15 is 0 Å². The maximum atomic E-state index is 13.0. The molecule has 0 aliphatic rings. The largest absolute Gasteiger partial charge is 0.308 e. The van der Waals surface area contributed by atoms with Gasteiger partial charge in [0.15, 0.2) is 5.13 Å². The lowest BCUT2D eigenvalue weighted by molar-refractivity contribution is -0.118. The first-order valence-electron chi connectivity index (χ1n) is 9.55. The molecule has 7 heteroatoms. The molecular formula is C22H26FN3OS2. The van der Waals surface area contributed by atoms with Gasteiger partial charge in [0, 0.05) is 30.2 Å². The molecule has 0 unspecified atom stereocenters. The Morgan fingerprint density at radius 1 is 1.14 bits per heavy atom. The van der Waals surface area contributed by atoms with E-state index in [0.29, 0.717) is 18.7 Å². The number of thiazole rings is 1. The number of benzene rings is 2. The maximum Gasteiger partial charge on any atom is 0.229 e. The average molecular weight is 432 g/mol. The van der Waals surface area contributed by atoms with Crippen LogP contribution in [0.2, 0.25) is 0 Å². The molecule has 0 spiro atoms. The predicted octanol–water partition coefficient (Wildman–Crippen LogP) is 5.13. The number of thioether (sulfide) groups is 1. The summed E-state index contributed by atoms with van der Waals surface area (Å²) < 4.78 is 14.2. The Kier molecular flexibility index (Phi) is 7.27. The van der Waals surface area contributed by atoms with Crippen LogP contribution >= 0.6 is 23.1 Å². The van der Waals surface area contributed by atoms with Gasteiger partial charge in [0.1, 0.15) is 5.82 Å². The third kappa shape index (κ3) is 5.78. The Morgan fingerprint density at radius 2 is 1.86 bits per heavy atom. The van der Waals surface area contributed by atoms with Gasteiger partial charge in [0.05, 0.1) is 10.2 Å². The van der Waals surface area contributed by atoms with Gasteiger partial charge in [-0.3, -0.25) is 9.69 Å². The highest BCUT2D eigenvalue weighted by Gasteiger charge is 2.20. The molecule has 0 saturated heterocycles. The zero-order chi connectivity index (χ0) is 21.0. The van der Waals surface area contributed by atoms with Gasteiger partial charge >= 0.3 is 0 Å². The number of nitrogens with zero attached hydrogens (tertiary/aromatic N) is 3. The van der Waals surface area contributed by atoms with Crippen LogP contribution in [0.1, 0.15) is 17.5 Å². The van der Waals surface area contributed by atoms with E-state index in [0.717, 1.165) is 26.8 Å². The summed E-state index contributed by atoms with van der Waals surface area (Å²) in [5, 5.41) is 0.757. The van der Waals surface area contributed by atoms with Gasteiger partial charge in [-0.15, -0.1) is 11.8 Å². The van der Waals surface area contributed by atoms with E-state index < -0.39 is 0 Å². The maximum absolute atomic E-state index is 13.0. The highest BCUT2D eigenvalue weighted by molar-refractivity contribution is 7.99. The van der Waals surface area contributed by atoms with Crippen molar-refractivity contribution in [1.29, 1.82) is 0 Å². The highest BCUT2D eigenvalue weighted by Crippen LogP contribution is 2.32. The number of hydrogen-bond donors (Lipinski definition) is 0. The number of likely N-dealkylation sites (N-methyl/N-ethyl adjacent to an activating group) is 1. The molecule has 0 N–H and O–H groups in total. The first-order chi connectivity index (χ1) is 13.8. The average Bonchev–Trinajstić information content (AvgIpc) is 3.07. The lowest BCUT2D eigenvalue weighted by Gasteiger charge is -2.22. The minimum absolute atomic E-state index is 0.0647. The molecule has 0 radical (unpaired) electrons. The number of rotatable bonds is 8. The SMILES string of the molecule is Cc1cc(C)c2sc(N(CCN(C)C)C(=O)CCSc3ccc(F)cc3)nc2c1. The second-order valence-electron chi connectivity index (χ2n) is 7.33. The zero-order valence-electron chi connectivity index (χ0n) is 17.2. The number of carbonyl (C=O) groups is 1. The van der Waals surface area contributed by atoms with Gasteiger partial charge in [0.25, 0.3) is 0 Å². The standard InChI is InChI=1S/C22H26FN3OS2/c1-15-13-16(2)21-19(14-15)24-22(29-21)26(11-10-25(3)4)20(27)9-12-28-18-7-5-17(23)6-8-18/h5-8,13-14H,9-12H2,1-4H3. The summed E-state index contributed by atoms with van der Waals surface area (Å²) in [6.07, 6.45) is 0.406. The number of aromatic nitrogens is 1. The number of anilines is 1. The summed E-state index contributed by atoms with van der Waals surface area (Å²) in [6, 6.07) is 10.6. The molecule has 0 saturated carbocycles. The highest BCUT2D eigenvalue weighted by atomic mass is 32.2. The van der Waals surface area contributed by atoms with Crippen molar-refractivity contribution in [2.24, 2.45) is 0 Å². The number of hydrogen-bond acceptors (Lipinski definition) is 5. The van der Waals surface area contributed by atoms with E-state index in [1.807, 2.05) is 19.0 Å². The molecule has 1 heterocycles. The van der Waals surface area contributed by atoms with Gasteiger partial charge in [-0.2, -0.15) is 0 Å². The van der Waals surface area contributed by atoms with Crippen molar-refractivity contribution < 1.29 is 9.18 Å². The van der Waals surface area contributed by atoms with E-state index in [1.54, 1.807) is 35.2 Å². The Bertz CT molecular complexity index is 986. The third-order valence-electron chi connectivity index (χ3n) is 4.51. The van der Waals surface area contributed by atoms with E-state index in [1.165, 1.54) is 23.3 Å². The van der Waals surface area contributed by atoms with Crippen LogP contribution in [-0.2, 0) is 4.79 Å². The van der Waals surface area contributed by atoms with Gasteiger partial charge in [0.2, 0.25) is 5.91 Å². The van der Waals surface area contributed by atoms with Crippen LogP contribution in [0, 0.1) is 19.7 Å². The lowest BCUT2D eigenvalue weighted by Crippen LogP contribution is -2.36. The topological polar surface area (TPSA) is 36.4 Å². The summed E-state index contributed by atoms with van der Waals surface area (Å²) in [5.41, 5.74) is 3.31. The summed E-state index contributed by atoms with van der Waals surface area (Å²) in [5.74, 6) is 0.461. The van der Waals surface area contributed by atoms with Crippen LogP contribution < -0.4 is 4.90 Å². The van der Waals surface area contributed by atoms with Crippen LogP contribution in [-0.4, -0.2) is 48.7 Å². The van der Waals surface area contributed by atoms with Crippen LogP contribution in [0.3, 0.4) is 0 Å². The van der Waals surface area contributed by atoms with Gasteiger partial charge < -0.3 is 4.90 Å². The number of halogens is 1. The van der Waals surface area contributed by atoms with Crippen molar-refractivity contribution in [3.8, 4) is 0 Å². The van der Waals surface area contributed by atoms with Crippen LogP contribution in [0.15, 0.2) is 41.3 Å². The normalized spacial score (nSPS) is 11.4. The Labute approximate surface area is 179 Å². The van der Waals surface area contributed by atoms with Crippen molar-refractivity contribution in [2.45, 2.75) is 25.2 Å². The Hall–Kier alpha value is -1.96. The summed E-state index contributed by atoms with van der Waals surface area (Å²) >= 11 is 3.14. The number of fused-ring (bicyclic) bond motifs is 1. The number of carbonyl (C=O) groups excluding carboxylic acids is 1.